The fourth-order valence-corrected chi connectivity index (χ4v) is 3.77. The van der Waals surface area contributed by atoms with Gasteiger partial charge in [-0.25, -0.2) is 18.2 Å². The minimum Gasteiger partial charge on any atom is -0.267 e. The molecule has 0 unspecified atom stereocenters. The molecule has 0 heterocycles. The van der Waals surface area contributed by atoms with E-state index in [-0.39, 0.29) is 12.4 Å². The van der Waals surface area contributed by atoms with Crippen LogP contribution in [-0.4, -0.2) is 26.3 Å². The molecule has 0 saturated heterocycles. The summed E-state index contributed by atoms with van der Waals surface area (Å²) in [6.45, 7) is 1.89. The molecule has 1 N–H and O–H groups in total. The van der Waals surface area contributed by atoms with E-state index in [0.29, 0.717) is 22.5 Å². The van der Waals surface area contributed by atoms with E-state index in [2.05, 4.69) is 10.5 Å². The molecule has 0 aliphatic rings. The zero-order valence-electron chi connectivity index (χ0n) is 17.1. The third-order valence-electron chi connectivity index (χ3n) is 4.57. The van der Waals surface area contributed by atoms with Gasteiger partial charge in [0.2, 0.25) is 10.0 Å². The average Bonchev–Trinajstić information content (AvgIpc) is 2.76. The van der Waals surface area contributed by atoms with Crippen molar-refractivity contribution in [2.75, 3.05) is 10.6 Å². The molecule has 0 aliphatic carbocycles. The van der Waals surface area contributed by atoms with E-state index in [4.69, 9.17) is 0 Å². The number of amides is 1. The van der Waals surface area contributed by atoms with Gasteiger partial charge in [-0.15, -0.1) is 0 Å². The molecule has 1 amide bonds. The molecule has 6 nitrogen and oxygen atoms in total. The van der Waals surface area contributed by atoms with E-state index >= 15 is 0 Å². The second-order valence-corrected chi connectivity index (χ2v) is 8.85. The van der Waals surface area contributed by atoms with Crippen LogP contribution >= 0.6 is 0 Å². The highest BCUT2D eigenvalue weighted by Crippen LogP contribution is 2.21. The normalized spacial score (nSPS) is 11.8. The Morgan fingerprint density at radius 3 is 2.10 bits per heavy atom. The van der Waals surface area contributed by atoms with E-state index in [0.717, 1.165) is 11.8 Å². The van der Waals surface area contributed by atoms with Crippen molar-refractivity contribution in [1.29, 1.82) is 0 Å². The molecule has 31 heavy (non-hydrogen) atoms. The molecule has 0 atom stereocenters. The molecule has 0 fully saturated rings. The Bertz CT molecular complexity index is 1180. The number of benzene rings is 3. The Hall–Kier alpha value is -3.52. The van der Waals surface area contributed by atoms with Crippen LogP contribution in [0.5, 0.6) is 0 Å². The average molecular weight is 440 g/mol. The Morgan fingerprint density at radius 2 is 1.52 bits per heavy atom. The fourth-order valence-electron chi connectivity index (χ4n) is 2.88. The van der Waals surface area contributed by atoms with E-state index in [1.165, 1.54) is 28.6 Å². The first-order chi connectivity index (χ1) is 14.7. The van der Waals surface area contributed by atoms with Crippen molar-refractivity contribution in [2.45, 2.75) is 13.5 Å². The number of rotatable bonds is 7. The van der Waals surface area contributed by atoms with Gasteiger partial charge in [-0.3, -0.25) is 9.10 Å². The number of carbonyl (C=O) groups is 1. The summed E-state index contributed by atoms with van der Waals surface area (Å²) in [4.78, 5) is 12.4. The summed E-state index contributed by atoms with van der Waals surface area (Å²) in [5.41, 5.74) is 5.29. The van der Waals surface area contributed by atoms with Crippen LogP contribution < -0.4 is 9.73 Å². The number of nitrogens with zero attached hydrogens (tertiary/aromatic N) is 2. The topological polar surface area (TPSA) is 78.8 Å². The number of hydrazone groups is 1. The number of hydrogen-bond donors (Lipinski definition) is 1. The third kappa shape index (κ3) is 5.99. The predicted molar refractivity (Wildman–Crippen MR) is 120 cm³/mol. The maximum atomic E-state index is 13.0. The van der Waals surface area contributed by atoms with Crippen LogP contribution in [0.1, 0.15) is 28.4 Å². The van der Waals surface area contributed by atoms with Crippen LogP contribution in [0.15, 0.2) is 84.0 Å². The quantitative estimate of drug-likeness (QED) is 0.447. The molecule has 0 aliphatic heterocycles. The van der Waals surface area contributed by atoms with Crippen molar-refractivity contribution in [2.24, 2.45) is 5.10 Å². The molecule has 3 rings (SSSR count). The standard InChI is InChI=1S/C23H22FN3O3S/c1-17(19-8-12-21(24)13-9-19)25-26-23(28)20-10-14-22(15-11-20)27(31(2,29)30)16-18-6-4-3-5-7-18/h3-15H,16H2,1-2H3,(H,26,28)/b25-17-. The van der Waals surface area contributed by atoms with Gasteiger partial charge in [0.15, 0.2) is 0 Å². The molecule has 0 saturated carbocycles. The van der Waals surface area contributed by atoms with Crippen molar-refractivity contribution in [3.63, 3.8) is 0 Å². The molecular formula is C23H22FN3O3S. The summed E-state index contributed by atoms with van der Waals surface area (Å²) in [6, 6.07) is 21.3. The summed E-state index contributed by atoms with van der Waals surface area (Å²) in [5.74, 6) is -0.793. The fraction of sp³-hybridized carbons (Fsp3) is 0.130. The van der Waals surface area contributed by atoms with Crippen molar-refractivity contribution in [3.05, 3.63) is 101 Å². The molecule has 3 aromatic rings. The first-order valence-corrected chi connectivity index (χ1v) is 11.3. The Kier molecular flexibility index (Phi) is 6.81. The zero-order valence-corrected chi connectivity index (χ0v) is 17.9. The number of halogens is 1. The summed E-state index contributed by atoms with van der Waals surface area (Å²) >= 11 is 0. The largest absolute Gasteiger partial charge is 0.271 e. The lowest BCUT2D eigenvalue weighted by molar-refractivity contribution is 0.0955. The van der Waals surface area contributed by atoms with Crippen molar-refractivity contribution in [1.82, 2.24) is 5.43 Å². The SMILES string of the molecule is C/C(=N/NC(=O)c1ccc(N(Cc2ccccc2)S(C)(=O)=O)cc1)c1ccc(F)cc1. The second kappa shape index (κ2) is 9.53. The highest BCUT2D eigenvalue weighted by molar-refractivity contribution is 7.92. The molecule has 0 aromatic heterocycles. The van der Waals surface area contributed by atoms with Crippen LogP contribution in [0.4, 0.5) is 10.1 Å². The smallest absolute Gasteiger partial charge is 0.267 e. The van der Waals surface area contributed by atoms with Crippen LogP contribution in [0.2, 0.25) is 0 Å². The summed E-state index contributed by atoms with van der Waals surface area (Å²) < 4.78 is 38.9. The highest BCUT2D eigenvalue weighted by Gasteiger charge is 2.18. The maximum Gasteiger partial charge on any atom is 0.271 e. The van der Waals surface area contributed by atoms with Gasteiger partial charge in [-0.2, -0.15) is 5.10 Å². The summed E-state index contributed by atoms with van der Waals surface area (Å²) in [5, 5.41) is 4.04. The van der Waals surface area contributed by atoms with Gasteiger partial charge in [0, 0.05) is 5.56 Å². The molecule has 0 bridgehead atoms. The number of sulfonamides is 1. The van der Waals surface area contributed by atoms with Gasteiger partial charge in [0.1, 0.15) is 5.82 Å². The van der Waals surface area contributed by atoms with Gasteiger partial charge in [-0.1, -0.05) is 42.5 Å². The minimum atomic E-state index is -3.52. The molecular weight excluding hydrogens is 417 g/mol. The lowest BCUT2D eigenvalue weighted by Gasteiger charge is -2.22. The van der Waals surface area contributed by atoms with Crippen molar-refractivity contribution < 1.29 is 17.6 Å². The first kappa shape index (κ1) is 22.2. The van der Waals surface area contributed by atoms with Gasteiger partial charge in [-0.05, 0) is 54.4 Å². The Balaban J connectivity index is 1.73. The van der Waals surface area contributed by atoms with Gasteiger partial charge >= 0.3 is 0 Å². The lowest BCUT2D eigenvalue weighted by atomic mass is 10.1. The van der Waals surface area contributed by atoms with E-state index in [1.54, 1.807) is 31.2 Å². The molecule has 0 radical (unpaired) electrons. The van der Waals surface area contributed by atoms with Crippen molar-refractivity contribution >= 4 is 27.3 Å². The van der Waals surface area contributed by atoms with Crippen LogP contribution in [-0.2, 0) is 16.6 Å². The third-order valence-corrected chi connectivity index (χ3v) is 5.71. The van der Waals surface area contributed by atoms with E-state index in [9.17, 15) is 17.6 Å². The van der Waals surface area contributed by atoms with Crippen LogP contribution in [0.25, 0.3) is 0 Å². The monoisotopic (exact) mass is 439 g/mol. The maximum absolute atomic E-state index is 13.0. The van der Waals surface area contributed by atoms with Gasteiger partial charge in [0.25, 0.3) is 5.91 Å². The van der Waals surface area contributed by atoms with Gasteiger partial charge < -0.3 is 0 Å². The lowest BCUT2D eigenvalue weighted by Crippen LogP contribution is -2.29. The summed E-state index contributed by atoms with van der Waals surface area (Å²) in [7, 11) is -3.52. The highest BCUT2D eigenvalue weighted by atomic mass is 32.2. The van der Waals surface area contributed by atoms with Crippen LogP contribution in [0.3, 0.4) is 0 Å². The number of carbonyl (C=O) groups excluding carboxylic acids is 1. The van der Waals surface area contributed by atoms with Crippen molar-refractivity contribution in [3.8, 4) is 0 Å². The van der Waals surface area contributed by atoms with E-state index < -0.39 is 15.9 Å². The number of nitrogens with one attached hydrogen (secondary N) is 1. The zero-order chi connectivity index (χ0) is 22.4. The molecule has 3 aromatic carbocycles. The van der Waals surface area contributed by atoms with Gasteiger partial charge in [0.05, 0.1) is 24.2 Å². The molecule has 8 heteroatoms. The summed E-state index contributed by atoms with van der Waals surface area (Å²) in [6.07, 6.45) is 1.14. The predicted octanol–water partition coefficient (Wildman–Crippen LogP) is 3.95. The number of anilines is 1. The minimum absolute atomic E-state index is 0.187. The van der Waals surface area contributed by atoms with E-state index in [1.807, 2.05) is 30.3 Å². The first-order valence-electron chi connectivity index (χ1n) is 9.46. The Morgan fingerprint density at radius 1 is 0.935 bits per heavy atom. The molecule has 160 valence electrons. The molecule has 0 spiro atoms. The Labute approximate surface area is 181 Å². The number of hydrogen-bond acceptors (Lipinski definition) is 4. The second-order valence-electron chi connectivity index (χ2n) is 6.95. The van der Waals surface area contributed by atoms with Crippen LogP contribution in [0, 0.1) is 5.82 Å².